The van der Waals surface area contributed by atoms with Gasteiger partial charge in [-0.05, 0) is 48.8 Å². The maximum atomic E-state index is 13.5. The maximum Gasteiger partial charge on any atom is 0.274 e. The lowest BCUT2D eigenvalue weighted by Gasteiger charge is -2.31. The molecule has 3 amide bonds. The quantitative estimate of drug-likeness (QED) is 0.389. The Morgan fingerprint density at radius 2 is 1.62 bits per heavy atom. The van der Waals surface area contributed by atoms with Gasteiger partial charge in [0.1, 0.15) is 0 Å². The smallest absolute Gasteiger partial charge is 0.272 e. The average molecular weight is 454 g/mol. The Labute approximate surface area is 188 Å². The van der Waals surface area contributed by atoms with Crippen molar-refractivity contribution < 1.29 is 19.3 Å². The molecule has 1 saturated heterocycles. The van der Waals surface area contributed by atoms with Crippen molar-refractivity contribution in [3.63, 3.8) is 0 Å². The molecule has 8 nitrogen and oxygen atoms in total. The molecular formula is C23H20ClN3O5. The van der Waals surface area contributed by atoms with Gasteiger partial charge in [0.15, 0.2) is 0 Å². The summed E-state index contributed by atoms with van der Waals surface area (Å²) < 4.78 is 0. The van der Waals surface area contributed by atoms with E-state index in [1.165, 1.54) is 24.3 Å². The van der Waals surface area contributed by atoms with Gasteiger partial charge in [-0.1, -0.05) is 35.9 Å². The van der Waals surface area contributed by atoms with E-state index in [2.05, 4.69) is 0 Å². The lowest BCUT2D eigenvalue weighted by molar-refractivity contribution is -0.384. The SMILES string of the molecule is O=C(c1ccccc1Cl)N(Cc1ccc([N+](=O)[O-])cc1)N1C(=O)[C@@H]2[C@H]3CC[C@@H](C3)[C@@H]2C1=O. The number of nitrogens with zero attached hydrogens (tertiary/aromatic N) is 3. The minimum Gasteiger partial charge on any atom is -0.272 e. The van der Waals surface area contributed by atoms with Gasteiger partial charge < -0.3 is 0 Å². The van der Waals surface area contributed by atoms with Gasteiger partial charge in [-0.15, -0.1) is 0 Å². The number of hydrogen-bond donors (Lipinski definition) is 0. The topological polar surface area (TPSA) is 101 Å². The van der Waals surface area contributed by atoms with Crippen LogP contribution in [0, 0.1) is 33.8 Å². The highest BCUT2D eigenvalue weighted by Crippen LogP contribution is 2.56. The molecule has 9 heteroatoms. The second-order valence-electron chi connectivity index (χ2n) is 8.64. The van der Waals surface area contributed by atoms with Gasteiger partial charge in [-0.2, -0.15) is 5.01 Å². The predicted molar refractivity (Wildman–Crippen MR) is 114 cm³/mol. The zero-order valence-electron chi connectivity index (χ0n) is 17.0. The fourth-order valence-electron chi connectivity index (χ4n) is 5.53. The Hall–Kier alpha value is -3.26. The van der Waals surface area contributed by atoms with Crippen molar-refractivity contribution in [2.75, 3.05) is 0 Å². The van der Waals surface area contributed by atoms with Crippen LogP contribution in [0.3, 0.4) is 0 Å². The number of halogens is 1. The number of benzene rings is 2. The molecule has 2 aromatic carbocycles. The second-order valence-corrected chi connectivity index (χ2v) is 9.05. The molecule has 3 fully saturated rings. The highest BCUT2D eigenvalue weighted by atomic mass is 35.5. The minimum absolute atomic E-state index is 0.0860. The van der Waals surface area contributed by atoms with Crippen LogP contribution in [-0.4, -0.2) is 32.7 Å². The molecule has 2 bridgehead atoms. The Balaban J connectivity index is 1.52. The first-order valence-electron chi connectivity index (χ1n) is 10.5. The summed E-state index contributed by atoms with van der Waals surface area (Å²) in [4.78, 5) is 50.7. The van der Waals surface area contributed by atoms with E-state index in [-0.39, 0.29) is 58.3 Å². The molecule has 2 aliphatic carbocycles. The van der Waals surface area contributed by atoms with Crippen molar-refractivity contribution in [1.82, 2.24) is 10.0 Å². The average Bonchev–Trinajstić information content (AvgIpc) is 3.46. The number of carbonyl (C=O) groups is 3. The van der Waals surface area contributed by atoms with Crippen LogP contribution >= 0.6 is 11.6 Å². The molecule has 0 N–H and O–H groups in total. The van der Waals surface area contributed by atoms with Crippen LogP contribution < -0.4 is 0 Å². The molecule has 2 saturated carbocycles. The third-order valence-electron chi connectivity index (χ3n) is 6.96. The molecule has 0 radical (unpaired) electrons. The van der Waals surface area contributed by atoms with E-state index in [0.717, 1.165) is 29.3 Å². The summed E-state index contributed by atoms with van der Waals surface area (Å²) in [6.45, 7) is -0.0890. The zero-order valence-corrected chi connectivity index (χ0v) is 17.8. The Morgan fingerprint density at radius 3 is 2.19 bits per heavy atom. The molecule has 4 atom stereocenters. The summed E-state index contributed by atoms with van der Waals surface area (Å²) >= 11 is 6.24. The van der Waals surface area contributed by atoms with Gasteiger partial charge in [0.2, 0.25) is 0 Å². The zero-order chi connectivity index (χ0) is 22.6. The molecule has 3 aliphatic rings. The summed E-state index contributed by atoms with van der Waals surface area (Å²) in [6, 6.07) is 12.2. The van der Waals surface area contributed by atoms with Crippen molar-refractivity contribution in [3.8, 4) is 0 Å². The van der Waals surface area contributed by atoms with Crippen molar-refractivity contribution in [2.24, 2.45) is 23.7 Å². The van der Waals surface area contributed by atoms with Crippen molar-refractivity contribution in [2.45, 2.75) is 25.8 Å². The maximum absolute atomic E-state index is 13.5. The Bertz CT molecular complexity index is 1110. The summed E-state index contributed by atoms with van der Waals surface area (Å²) in [5.74, 6) is -1.63. The van der Waals surface area contributed by atoms with Crippen molar-refractivity contribution in [1.29, 1.82) is 0 Å². The van der Waals surface area contributed by atoms with Crippen LogP contribution in [0.2, 0.25) is 5.02 Å². The number of amides is 3. The third-order valence-corrected chi connectivity index (χ3v) is 7.29. The molecule has 164 valence electrons. The van der Waals surface area contributed by atoms with E-state index in [0.29, 0.717) is 5.56 Å². The van der Waals surface area contributed by atoms with Crippen LogP contribution in [0.25, 0.3) is 0 Å². The molecule has 1 heterocycles. The van der Waals surface area contributed by atoms with Gasteiger partial charge >= 0.3 is 0 Å². The summed E-state index contributed by atoms with van der Waals surface area (Å²) in [5, 5.41) is 13.3. The van der Waals surface area contributed by atoms with Crippen LogP contribution in [0.15, 0.2) is 48.5 Å². The molecule has 0 spiro atoms. The normalized spacial score (nSPS) is 25.8. The highest BCUT2D eigenvalue weighted by Gasteiger charge is 2.62. The largest absolute Gasteiger partial charge is 0.274 e. The number of carbonyl (C=O) groups excluding carboxylic acids is 3. The van der Waals surface area contributed by atoms with Crippen molar-refractivity contribution in [3.05, 3.63) is 74.8 Å². The van der Waals surface area contributed by atoms with E-state index >= 15 is 0 Å². The standard InChI is InChI=1S/C23H20ClN3O5/c24-18-4-2-1-3-17(18)21(28)25(12-13-5-9-16(10-6-13)27(31)32)26-22(29)19-14-7-8-15(11-14)20(19)23(26)30/h1-6,9-10,14-15,19-20H,7-8,11-12H2/t14-,15-,19-,20+/m0/s1. The fourth-order valence-corrected chi connectivity index (χ4v) is 5.75. The lowest BCUT2D eigenvalue weighted by atomic mass is 9.81. The van der Waals surface area contributed by atoms with Crippen LogP contribution in [0.4, 0.5) is 5.69 Å². The van der Waals surface area contributed by atoms with Gasteiger partial charge in [0.25, 0.3) is 23.4 Å². The van der Waals surface area contributed by atoms with Crippen molar-refractivity contribution >= 4 is 35.0 Å². The molecule has 1 aliphatic heterocycles. The number of fused-ring (bicyclic) bond motifs is 5. The molecule has 32 heavy (non-hydrogen) atoms. The van der Waals surface area contributed by atoms with Crippen LogP contribution in [-0.2, 0) is 16.1 Å². The summed E-state index contributed by atoms with van der Waals surface area (Å²) in [7, 11) is 0. The third kappa shape index (κ3) is 3.17. The fraction of sp³-hybridized carbons (Fsp3) is 0.348. The Morgan fingerprint density at radius 1 is 1.03 bits per heavy atom. The van der Waals surface area contributed by atoms with Gasteiger partial charge in [0, 0.05) is 12.1 Å². The molecule has 5 rings (SSSR count). The van der Waals surface area contributed by atoms with E-state index in [9.17, 15) is 24.5 Å². The van der Waals surface area contributed by atoms with Crippen LogP contribution in [0.1, 0.15) is 35.2 Å². The number of rotatable bonds is 5. The first-order valence-corrected chi connectivity index (χ1v) is 10.9. The van der Waals surface area contributed by atoms with E-state index in [4.69, 9.17) is 11.6 Å². The summed E-state index contributed by atoms with van der Waals surface area (Å²) in [6.07, 6.45) is 2.75. The first-order chi connectivity index (χ1) is 15.4. The molecule has 0 unspecified atom stereocenters. The highest BCUT2D eigenvalue weighted by molar-refractivity contribution is 6.33. The predicted octanol–water partition coefficient (Wildman–Crippen LogP) is 3.84. The monoisotopic (exact) mass is 453 g/mol. The van der Waals surface area contributed by atoms with Gasteiger partial charge in [0.05, 0.1) is 33.9 Å². The van der Waals surface area contributed by atoms with E-state index < -0.39 is 10.8 Å². The van der Waals surface area contributed by atoms with Crippen LogP contribution in [0.5, 0.6) is 0 Å². The number of non-ortho nitro benzene ring substituents is 1. The molecular weight excluding hydrogens is 434 g/mol. The number of nitro groups is 1. The molecule has 0 aromatic heterocycles. The number of hydrazine groups is 1. The number of imide groups is 1. The van der Waals surface area contributed by atoms with E-state index in [1.54, 1.807) is 24.3 Å². The first kappa shape index (κ1) is 20.6. The second kappa shape index (κ2) is 7.70. The number of nitro benzene ring substituents is 1. The van der Waals surface area contributed by atoms with E-state index in [1.807, 2.05) is 0 Å². The molecule has 2 aromatic rings. The van der Waals surface area contributed by atoms with Gasteiger partial charge in [-0.3, -0.25) is 24.5 Å². The Kier molecular flexibility index (Phi) is 4.97. The minimum atomic E-state index is -0.567. The summed E-state index contributed by atoms with van der Waals surface area (Å²) in [5.41, 5.74) is 0.644. The van der Waals surface area contributed by atoms with Gasteiger partial charge in [-0.25, -0.2) is 5.01 Å². The lowest BCUT2D eigenvalue weighted by Crippen LogP contribution is -2.50. The number of hydrogen-bond acceptors (Lipinski definition) is 5.